The Morgan fingerprint density at radius 3 is 2.55 bits per heavy atom. The summed E-state index contributed by atoms with van der Waals surface area (Å²) in [5.74, 6) is 1.32. The summed E-state index contributed by atoms with van der Waals surface area (Å²) in [6.07, 6.45) is 5.33. The van der Waals surface area contributed by atoms with Crippen LogP contribution in [-0.2, 0) is 11.3 Å². The predicted molar refractivity (Wildman–Crippen MR) is 120 cm³/mol. The van der Waals surface area contributed by atoms with E-state index in [1.165, 1.54) is 16.0 Å². The van der Waals surface area contributed by atoms with Gasteiger partial charge in [0.1, 0.15) is 5.75 Å². The largest absolute Gasteiger partial charge is 0.496 e. The van der Waals surface area contributed by atoms with E-state index in [-0.39, 0.29) is 17.2 Å². The lowest BCUT2D eigenvalue weighted by molar-refractivity contribution is -0.118. The van der Waals surface area contributed by atoms with Crippen molar-refractivity contribution < 1.29 is 9.53 Å². The molecule has 154 valence electrons. The average Bonchev–Trinajstić information content (AvgIpc) is 3.44. The Hall–Kier alpha value is -1.98. The van der Waals surface area contributed by atoms with E-state index in [0.29, 0.717) is 0 Å². The standard InChI is InChI=1S/C24H30N2O2S/c1-17-14-18(4-9-22(17)28-2)16-26-12-10-24(11-13-26)15-21(24)23(27)25-19-5-7-20(29-3)8-6-19/h4-9,14,21H,10-13,15-16H2,1-3H3,(H,25,27)/t21-/m1/s1. The zero-order valence-electron chi connectivity index (χ0n) is 17.5. The summed E-state index contributed by atoms with van der Waals surface area (Å²) in [4.78, 5) is 16.5. The van der Waals surface area contributed by atoms with Crippen LogP contribution in [0.4, 0.5) is 5.69 Å². The van der Waals surface area contributed by atoms with Gasteiger partial charge < -0.3 is 10.1 Å². The summed E-state index contributed by atoms with van der Waals surface area (Å²) in [6, 6.07) is 14.6. The van der Waals surface area contributed by atoms with Crippen LogP contribution in [0.5, 0.6) is 5.75 Å². The molecular weight excluding hydrogens is 380 g/mol. The zero-order valence-corrected chi connectivity index (χ0v) is 18.3. The number of anilines is 1. The summed E-state index contributed by atoms with van der Waals surface area (Å²) in [6.45, 7) is 5.20. The minimum absolute atomic E-state index is 0.174. The third-order valence-corrected chi connectivity index (χ3v) is 7.32. The second kappa shape index (κ2) is 8.41. The highest BCUT2D eigenvalue weighted by molar-refractivity contribution is 7.98. The molecule has 4 rings (SSSR count). The molecule has 0 radical (unpaired) electrons. The number of piperidine rings is 1. The summed E-state index contributed by atoms with van der Waals surface area (Å²) in [7, 11) is 1.72. The van der Waals surface area contributed by atoms with Crippen molar-refractivity contribution in [2.24, 2.45) is 11.3 Å². The van der Waals surface area contributed by atoms with Gasteiger partial charge in [0.05, 0.1) is 7.11 Å². The Labute approximate surface area is 178 Å². The number of hydrogen-bond donors (Lipinski definition) is 1. The molecular formula is C24H30N2O2S. The highest BCUT2D eigenvalue weighted by Crippen LogP contribution is 2.59. The van der Waals surface area contributed by atoms with Crippen molar-refractivity contribution in [1.29, 1.82) is 0 Å². The van der Waals surface area contributed by atoms with Gasteiger partial charge in [-0.2, -0.15) is 0 Å². The van der Waals surface area contributed by atoms with Crippen LogP contribution in [0, 0.1) is 18.3 Å². The van der Waals surface area contributed by atoms with E-state index in [1.54, 1.807) is 18.9 Å². The van der Waals surface area contributed by atoms with Crippen molar-refractivity contribution in [3.8, 4) is 5.75 Å². The highest BCUT2D eigenvalue weighted by atomic mass is 32.2. The number of benzene rings is 2. The minimum Gasteiger partial charge on any atom is -0.496 e. The molecule has 0 bridgehead atoms. The Balaban J connectivity index is 1.28. The summed E-state index contributed by atoms with van der Waals surface area (Å²) >= 11 is 1.71. The number of nitrogens with one attached hydrogen (secondary N) is 1. The van der Waals surface area contributed by atoms with Gasteiger partial charge in [0, 0.05) is 23.0 Å². The molecule has 29 heavy (non-hydrogen) atoms. The summed E-state index contributed by atoms with van der Waals surface area (Å²) in [5, 5.41) is 3.12. The fraction of sp³-hybridized carbons (Fsp3) is 0.458. The number of amides is 1. The fourth-order valence-corrected chi connectivity index (χ4v) is 5.04. The fourth-order valence-electron chi connectivity index (χ4n) is 4.63. The van der Waals surface area contributed by atoms with Gasteiger partial charge in [0.25, 0.3) is 0 Å². The maximum atomic E-state index is 12.7. The molecule has 2 fully saturated rings. The van der Waals surface area contributed by atoms with E-state index >= 15 is 0 Å². The van der Waals surface area contributed by atoms with Crippen LogP contribution in [0.15, 0.2) is 47.4 Å². The molecule has 1 aliphatic carbocycles. The summed E-state index contributed by atoms with van der Waals surface area (Å²) in [5.41, 5.74) is 3.65. The van der Waals surface area contributed by atoms with Crippen LogP contribution in [0.25, 0.3) is 0 Å². The number of nitrogens with zero attached hydrogens (tertiary/aromatic N) is 1. The van der Waals surface area contributed by atoms with Crippen molar-refractivity contribution in [2.45, 2.75) is 37.6 Å². The normalized spacial score (nSPS) is 20.4. The van der Waals surface area contributed by atoms with Gasteiger partial charge in [-0.15, -0.1) is 11.8 Å². The number of carbonyl (C=O) groups is 1. The second-order valence-electron chi connectivity index (χ2n) is 8.42. The first-order valence-electron chi connectivity index (χ1n) is 10.3. The number of carbonyl (C=O) groups excluding carboxylic acids is 1. The van der Waals surface area contributed by atoms with Crippen LogP contribution < -0.4 is 10.1 Å². The third kappa shape index (κ3) is 4.46. The number of methoxy groups -OCH3 is 1. The third-order valence-electron chi connectivity index (χ3n) is 6.58. The van der Waals surface area contributed by atoms with Crippen LogP contribution in [0.3, 0.4) is 0 Å². The molecule has 5 heteroatoms. The Kier molecular flexibility index (Phi) is 5.88. The monoisotopic (exact) mass is 410 g/mol. The predicted octanol–water partition coefficient (Wildman–Crippen LogP) is 4.97. The molecule has 1 spiro atoms. The van der Waals surface area contributed by atoms with Gasteiger partial charge in [0.15, 0.2) is 0 Å². The molecule has 0 aromatic heterocycles. The van der Waals surface area contributed by atoms with Gasteiger partial charge >= 0.3 is 0 Å². The van der Waals surface area contributed by atoms with Gasteiger partial charge in [-0.25, -0.2) is 0 Å². The van der Waals surface area contributed by atoms with Crippen LogP contribution in [0.1, 0.15) is 30.4 Å². The maximum Gasteiger partial charge on any atom is 0.228 e. The average molecular weight is 411 g/mol. The van der Waals surface area contributed by atoms with Crippen molar-refractivity contribution in [1.82, 2.24) is 4.90 Å². The second-order valence-corrected chi connectivity index (χ2v) is 9.30. The van der Waals surface area contributed by atoms with E-state index in [2.05, 4.69) is 53.7 Å². The number of rotatable bonds is 6. The molecule has 1 heterocycles. The molecule has 1 N–H and O–H groups in total. The first-order chi connectivity index (χ1) is 14.0. The van der Waals surface area contributed by atoms with Crippen molar-refractivity contribution in [2.75, 3.05) is 31.8 Å². The lowest BCUT2D eigenvalue weighted by atomic mass is 9.90. The smallest absolute Gasteiger partial charge is 0.228 e. The molecule has 1 atom stereocenters. The molecule has 1 saturated carbocycles. The van der Waals surface area contributed by atoms with Gasteiger partial charge in [-0.05, 0) is 92.4 Å². The topological polar surface area (TPSA) is 41.6 Å². The molecule has 2 aromatic rings. The first-order valence-corrected chi connectivity index (χ1v) is 11.6. The van der Waals surface area contributed by atoms with Gasteiger partial charge in [0.2, 0.25) is 5.91 Å². The Morgan fingerprint density at radius 1 is 1.21 bits per heavy atom. The number of ether oxygens (including phenoxy) is 1. The summed E-state index contributed by atoms with van der Waals surface area (Å²) < 4.78 is 5.36. The molecule has 2 aliphatic rings. The Morgan fingerprint density at radius 2 is 1.93 bits per heavy atom. The quantitative estimate of drug-likeness (QED) is 0.683. The van der Waals surface area contributed by atoms with Crippen LogP contribution in [-0.4, -0.2) is 37.3 Å². The van der Waals surface area contributed by atoms with Gasteiger partial charge in [-0.3, -0.25) is 9.69 Å². The molecule has 1 aliphatic heterocycles. The molecule has 1 amide bonds. The molecule has 2 aromatic carbocycles. The van der Waals surface area contributed by atoms with Crippen molar-refractivity contribution in [3.05, 3.63) is 53.6 Å². The van der Waals surface area contributed by atoms with E-state index in [0.717, 1.165) is 50.3 Å². The van der Waals surface area contributed by atoms with Crippen LogP contribution in [0.2, 0.25) is 0 Å². The lowest BCUT2D eigenvalue weighted by Gasteiger charge is -2.33. The lowest BCUT2D eigenvalue weighted by Crippen LogP contribution is -2.35. The van der Waals surface area contributed by atoms with Crippen LogP contribution >= 0.6 is 11.8 Å². The first kappa shape index (κ1) is 20.3. The van der Waals surface area contributed by atoms with Gasteiger partial charge in [-0.1, -0.05) is 12.1 Å². The molecule has 4 nitrogen and oxygen atoms in total. The molecule has 1 saturated heterocycles. The van der Waals surface area contributed by atoms with E-state index in [9.17, 15) is 4.79 Å². The van der Waals surface area contributed by atoms with Crippen molar-refractivity contribution in [3.63, 3.8) is 0 Å². The minimum atomic E-state index is 0.174. The Bertz CT molecular complexity index is 873. The maximum absolute atomic E-state index is 12.7. The number of likely N-dealkylation sites (tertiary alicyclic amines) is 1. The number of thioether (sulfide) groups is 1. The van der Waals surface area contributed by atoms with E-state index < -0.39 is 0 Å². The highest BCUT2D eigenvalue weighted by Gasteiger charge is 2.58. The van der Waals surface area contributed by atoms with Crippen molar-refractivity contribution >= 4 is 23.4 Å². The number of aryl methyl sites for hydroxylation is 1. The zero-order chi connectivity index (χ0) is 20.4. The van der Waals surface area contributed by atoms with E-state index in [1.807, 2.05) is 12.1 Å². The number of hydrogen-bond acceptors (Lipinski definition) is 4. The molecule has 0 unspecified atom stereocenters. The van der Waals surface area contributed by atoms with E-state index in [4.69, 9.17) is 4.74 Å². The SMILES string of the molecule is COc1ccc(CN2CCC3(CC2)C[C@@H]3C(=O)Nc2ccc(SC)cc2)cc1C.